The molecular formula is C19H16F3N3O6S. The number of halogens is 3. The molecular weight excluding hydrogens is 455 g/mol. The second-order valence-electron chi connectivity index (χ2n) is 6.85. The van der Waals surface area contributed by atoms with Crippen molar-refractivity contribution in [3.05, 3.63) is 79.0 Å². The minimum atomic E-state index is -5.56. The molecule has 0 radical (unpaired) electrons. The number of aromatic nitrogens is 3. The molecule has 0 unspecified atom stereocenters. The van der Waals surface area contributed by atoms with E-state index in [1.807, 2.05) is 4.98 Å². The highest BCUT2D eigenvalue weighted by molar-refractivity contribution is 7.92. The van der Waals surface area contributed by atoms with E-state index in [1.54, 1.807) is 13.8 Å². The number of nitrogens with zero attached hydrogens (tertiary/aromatic N) is 2. The summed E-state index contributed by atoms with van der Waals surface area (Å²) in [6.45, 7) is 3.12. The van der Waals surface area contributed by atoms with Crippen LogP contribution in [0.4, 0.5) is 13.2 Å². The zero-order chi connectivity index (χ0) is 24.0. The normalized spacial score (nSPS) is 12.1. The van der Waals surface area contributed by atoms with Crippen molar-refractivity contribution in [1.82, 2.24) is 14.1 Å². The average molecular weight is 471 g/mol. The average Bonchev–Trinajstić information content (AvgIpc) is 2.68. The number of H-pyrrole nitrogens is 1. The summed E-state index contributed by atoms with van der Waals surface area (Å²) in [5.74, 6) is 0.0241. The molecule has 32 heavy (non-hydrogen) atoms. The first kappa shape index (κ1) is 23.1. The Hall–Kier alpha value is -3.61. The van der Waals surface area contributed by atoms with Crippen LogP contribution in [0, 0.1) is 13.8 Å². The number of nitrogens with one attached hydrogen (secondary N) is 1. The van der Waals surface area contributed by atoms with Gasteiger partial charge < -0.3 is 4.74 Å². The summed E-state index contributed by atoms with van der Waals surface area (Å²) in [5, 5.41) is 0. The molecule has 0 saturated heterocycles. The zero-order valence-corrected chi connectivity index (χ0v) is 17.7. The fraction of sp³-hybridized carbons (Fsp3) is 0.211. The van der Waals surface area contributed by atoms with Gasteiger partial charge in [-0.15, -0.1) is 0 Å². The predicted octanol–water partition coefficient (Wildman–Crippen LogP) is 1.93. The molecule has 3 rings (SSSR count). The first-order valence-corrected chi connectivity index (χ1v) is 10.4. The van der Waals surface area contributed by atoms with E-state index >= 15 is 0 Å². The number of hydrogen-bond donors (Lipinski definition) is 1. The van der Waals surface area contributed by atoms with E-state index in [2.05, 4.69) is 0 Å². The number of hydrogen-bond acceptors (Lipinski definition) is 6. The predicted molar refractivity (Wildman–Crippen MR) is 107 cm³/mol. The number of ether oxygens (including phenoxy) is 1. The van der Waals surface area contributed by atoms with Gasteiger partial charge in [-0.2, -0.15) is 13.2 Å². The van der Waals surface area contributed by atoms with Gasteiger partial charge in [-0.05, 0) is 55.3 Å². The van der Waals surface area contributed by atoms with Crippen molar-refractivity contribution >= 4 is 9.84 Å². The van der Waals surface area contributed by atoms with Gasteiger partial charge in [0.15, 0.2) is 0 Å². The summed E-state index contributed by atoms with van der Waals surface area (Å²) in [6, 6.07) is 6.75. The molecule has 0 atom stereocenters. The monoisotopic (exact) mass is 471 g/mol. The lowest BCUT2D eigenvalue weighted by Crippen LogP contribution is -2.47. The zero-order valence-electron chi connectivity index (χ0n) is 16.9. The van der Waals surface area contributed by atoms with Crippen LogP contribution in [0.1, 0.15) is 11.1 Å². The Morgan fingerprint density at radius 3 is 2.12 bits per heavy atom. The second-order valence-corrected chi connectivity index (χ2v) is 8.79. The Bertz CT molecular complexity index is 1480. The summed E-state index contributed by atoms with van der Waals surface area (Å²) in [4.78, 5) is 37.1. The maximum atomic E-state index is 12.8. The maximum absolute atomic E-state index is 12.8. The summed E-state index contributed by atoms with van der Waals surface area (Å²) >= 11 is 0. The molecule has 0 aliphatic carbocycles. The lowest BCUT2D eigenvalue weighted by atomic mass is 10.1. The highest BCUT2D eigenvalue weighted by Gasteiger charge is 2.47. The molecule has 170 valence electrons. The molecule has 13 heteroatoms. The number of sulfone groups is 1. The molecule has 0 bridgehead atoms. The van der Waals surface area contributed by atoms with Gasteiger partial charge in [0.05, 0.1) is 10.6 Å². The lowest BCUT2D eigenvalue weighted by Gasteiger charge is -2.15. The van der Waals surface area contributed by atoms with E-state index < -0.39 is 37.3 Å². The van der Waals surface area contributed by atoms with E-state index in [0.717, 1.165) is 22.8 Å². The molecule has 0 aliphatic rings. The molecule has 1 N–H and O–H groups in total. The molecule has 3 aromatic rings. The Labute approximate surface area is 178 Å². The Morgan fingerprint density at radius 1 is 0.969 bits per heavy atom. The summed E-state index contributed by atoms with van der Waals surface area (Å²) < 4.78 is 68.8. The largest absolute Gasteiger partial charge is 0.501 e. The van der Waals surface area contributed by atoms with Crippen LogP contribution in [0.2, 0.25) is 0 Å². The van der Waals surface area contributed by atoms with Gasteiger partial charge in [-0.25, -0.2) is 31.9 Å². The molecule has 0 aliphatic heterocycles. The second kappa shape index (κ2) is 7.82. The minimum Gasteiger partial charge on any atom is -0.457 e. The van der Waals surface area contributed by atoms with Gasteiger partial charge in [0.25, 0.3) is 9.84 Å². The first-order chi connectivity index (χ1) is 14.7. The van der Waals surface area contributed by atoms with Crippen molar-refractivity contribution in [2.45, 2.75) is 24.3 Å². The third-order valence-electron chi connectivity index (χ3n) is 4.54. The van der Waals surface area contributed by atoms with Gasteiger partial charge in [0.1, 0.15) is 11.5 Å². The van der Waals surface area contributed by atoms with E-state index in [9.17, 15) is 36.0 Å². The first-order valence-electron chi connectivity index (χ1n) is 8.87. The van der Waals surface area contributed by atoms with Crippen LogP contribution >= 0.6 is 0 Å². The van der Waals surface area contributed by atoms with Crippen molar-refractivity contribution in [2.24, 2.45) is 7.05 Å². The van der Waals surface area contributed by atoms with E-state index in [1.165, 1.54) is 25.2 Å². The fourth-order valence-electron chi connectivity index (χ4n) is 2.96. The van der Waals surface area contributed by atoms with Crippen LogP contribution in [-0.4, -0.2) is 28.0 Å². The fourth-order valence-corrected chi connectivity index (χ4v) is 3.75. The maximum Gasteiger partial charge on any atom is 0.501 e. The number of rotatable bonds is 4. The van der Waals surface area contributed by atoms with Crippen LogP contribution in [0.25, 0.3) is 5.69 Å². The van der Waals surface area contributed by atoms with E-state index in [4.69, 9.17) is 4.74 Å². The van der Waals surface area contributed by atoms with Crippen LogP contribution < -0.4 is 21.8 Å². The smallest absolute Gasteiger partial charge is 0.457 e. The van der Waals surface area contributed by atoms with Crippen LogP contribution in [0.15, 0.2) is 55.7 Å². The number of benzene rings is 2. The quantitative estimate of drug-likeness (QED) is 0.621. The molecule has 0 fully saturated rings. The number of aryl methyl sites for hydroxylation is 2. The van der Waals surface area contributed by atoms with Crippen LogP contribution in [0.3, 0.4) is 0 Å². The molecule has 1 aromatic heterocycles. The summed E-state index contributed by atoms with van der Waals surface area (Å²) in [6.07, 6.45) is 0. The van der Waals surface area contributed by atoms with Gasteiger partial charge in [-0.3, -0.25) is 4.98 Å². The van der Waals surface area contributed by atoms with Crippen molar-refractivity contribution < 1.29 is 26.3 Å². The Kier molecular flexibility index (Phi) is 5.64. The minimum absolute atomic E-state index is 0.127. The molecule has 0 spiro atoms. The molecule has 2 aromatic carbocycles. The molecule has 0 saturated carbocycles. The Balaban J connectivity index is 2.06. The van der Waals surface area contributed by atoms with Crippen molar-refractivity contribution in [3.8, 4) is 17.2 Å². The lowest BCUT2D eigenvalue weighted by molar-refractivity contribution is -0.0436. The van der Waals surface area contributed by atoms with Gasteiger partial charge >= 0.3 is 22.6 Å². The molecule has 1 heterocycles. The van der Waals surface area contributed by atoms with Crippen molar-refractivity contribution in [1.29, 1.82) is 0 Å². The number of aromatic amines is 1. The van der Waals surface area contributed by atoms with Gasteiger partial charge in [0.2, 0.25) is 0 Å². The number of alkyl halides is 3. The van der Waals surface area contributed by atoms with E-state index in [-0.39, 0.29) is 17.2 Å². The topological polar surface area (TPSA) is 120 Å². The molecule has 0 amide bonds. The van der Waals surface area contributed by atoms with Crippen LogP contribution in [0.5, 0.6) is 11.5 Å². The van der Waals surface area contributed by atoms with Gasteiger partial charge in [-0.1, -0.05) is 6.07 Å². The molecule has 9 nitrogen and oxygen atoms in total. The van der Waals surface area contributed by atoms with Crippen molar-refractivity contribution in [3.63, 3.8) is 0 Å². The highest BCUT2D eigenvalue weighted by atomic mass is 32.2. The van der Waals surface area contributed by atoms with Crippen LogP contribution in [-0.2, 0) is 16.9 Å². The third kappa shape index (κ3) is 3.98. The summed E-state index contributed by atoms with van der Waals surface area (Å²) in [5.41, 5.74) is -7.25. The standard InChI is InChI=1S/C19H16F3N3O6S/c1-10-7-12(25-17(27)23-16(26)24(3)18(25)28)8-11(2)15(10)31-13-5-4-6-14(9-13)32(29,30)19(20,21)22/h4-9H,1-3H3,(H,23,26,27). The van der Waals surface area contributed by atoms with Crippen molar-refractivity contribution in [2.75, 3.05) is 0 Å². The Morgan fingerprint density at radius 2 is 1.56 bits per heavy atom. The van der Waals surface area contributed by atoms with E-state index in [0.29, 0.717) is 15.7 Å². The SMILES string of the molecule is Cc1cc(-n2c(=O)[nH]c(=O)n(C)c2=O)cc(C)c1Oc1cccc(S(=O)(=O)C(F)(F)F)c1. The summed E-state index contributed by atoms with van der Waals surface area (Å²) in [7, 11) is -4.36. The third-order valence-corrected chi connectivity index (χ3v) is 6.03. The highest BCUT2D eigenvalue weighted by Crippen LogP contribution is 2.34. The van der Waals surface area contributed by atoms with Gasteiger partial charge in [0, 0.05) is 7.05 Å².